The lowest BCUT2D eigenvalue weighted by atomic mass is 10.3. The fraction of sp³-hybridized carbons (Fsp3) is 0.455. The second-order valence-corrected chi connectivity index (χ2v) is 4.86. The van der Waals surface area contributed by atoms with Gasteiger partial charge in [0.1, 0.15) is 0 Å². The molecule has 1 aromatic rings. The molecule has 0 aromatic heterocycles. The molecule has 1 rings (SSSR count). The van der Waals surface area contributed by atoms with Gasteiger partial charge in [-0.1, -0.05) is 0 Å². The molecule has 1 aromatic carbocycles. The van der Waals surface area contributed by atoms with E-state index >= 15 is 0 Å². The molecule has 0 bridgehead atoms. The average Bonchev–Trinajstić information content (AvgIpc) is 2.18. The van der Waals surface area contributed by atoms with Gasteiger partial charge in [0, 0.05) is 40.8 Å². The van der Waals surface area contributed by atoms with E-state index in [9.17, 15) is 4.21 Å². The molecule has 0 heterocycles. The molecule has 0 unspecified atom stereocenters. The van der Waals surface area contributed by atoms with Crippen LogP contribution in [0.5, 0.6) is 0 Å². The third-order valence-corrected chi connectivity index (χ3v) is 2.95. The van der Waals surface area contributed by atoms with Crippen molar-refractivity contribution in [2.24, 2.45) is 0 Å². The highest BCUT2D eigenvalue weighted by molar-refractivity contribution is 7.84. The van der Waals surface area contributed by atoms with Crippen LogP contribution in [-0.4, -0.2) is 30.2 Å². The third kappa shape index (κ3) is 4.01. The van der Waals surface area contributed by atoms with Crippen molar-refractivity contribution in [3.8, 4) is 0 Å². The maximum atomic E-state index is 11.2. The first-order chi connectivity index (χ1) is 7.13. The number of benzene rings is 1. The SMILES string of the molecule is COC[C@H](C)Nc1ccc([S@](C)=O)cc1. The molecule has 0 aliphatic carbocycles. The minimum Gasteiger partial charge on any atom is -0.383 e. The Morgan fingerprint density at radius 3 is 2.47 bits per heavy atom. The van der Waals surface area contributed by atoms with Gasteiger partial charge in [-0.2, -0.15) is 0 Å². The molecule has 0 spiro atoms. The van der Waals surface area contributed by atoms with Crippen LogP contribution >= 0.6 is 0 Å². The molecule has 2 atom stereocenters. The van der Waals surface area contributed by atoms with Crippen LogP contribution in [0.3, 0.4) is 0 Å². The van der Waals surface area contributed by atoms with Crippen LogP contribution < -0.4 is 5.32 Å². The van der Waals surface area contributed by atoms with Gasteiger partial charge >= 0.3 is 0 Å². The molecule has 0 saturated heterocycles. The van der Waals surface area contributed by atoms with Gasteiger partial charge in [0.25, 0.3) is 0 Å². The predicted octanol–water partition coefficient (Wildman–Crippen LogP) is 1.87. The number of methoxy groups -OCH3 is 1. The van der Waals surface area contributed by atoms with Crippen molar-refractivity contribution >= 4 is 16.5 Å². The second-order valence-electron chi connectivity index (χ2n) is 3.48. The smallest absolute Gasteiger partial charge is 0.0661 e. The largest absolute Gasteiger partial charge is 0.383 e. The van der Waals surface area contributed by atoms with Crippen molar-refractivity contribution in [1.82, 2.24) is 0 Å². The van der Waals surface area contributed by atoms with Crippen molar-refractivity contribution in [2.75, 3.05) is 25.3 Å². The number of hydrogen-bond donors (Lipinski definition) is 1. The summed E-state index contributed by atoms with van der Waals surface area (Å²) in [4.78, 5) is 0.847. The van der Waals surface area contributed by atoms with Crippen LogP contribution in [0, 0.1) is 0 Å². The van der Waals surface area contributed by atoms with Crippen molar-refractivity contribution in [3.05, 3.63) is 24.3 Å². The number of hydrogen-bond acceptors (Lipinski definition) is 3. The van der Waals surface area contributed by atoms with Crippen LogP contribution in [0.4, 0.5) is 5.69 Å². The normalized spacial score (nSPS) is 14.6. The van der Waals surface area contributed by atoms with Gasteiger partial charge in [-0.15, -0.1) is 0 Å². The van der Waals surface area contributed by atoms with E-state index in [-0.39, 0.29) is 6.04 Å². The Morgan fingerprint density at radius 1 is 1.40 bits per heavy atom. The molecule has 0 radical (unpaired) electrons. The number of ether oxygens (including phenoxy) is 1. The summed E-state index contributed by atoms with van der Waals surface area (Å²) in [5, 5.41) is 3.28. The summed E-state index contributed by atoms with van der Waals surface area (Å²) in [5.41, 5.74) is 1.02. The molecule has 4 heteroatoms. The van der Waals surface area contributed by atoms with Gasteiger partial charge in [-0.25, -0.2) is 0 Å². The summed E-state index contributed by atoms with van der Waals surface area (Å²) < 4.78 is 16.2. The lowest BCUT2D eigenvalue weighted by Crippen LogP contribution is -2.20. The second kappa shape index (κ2) is 5.88. The van der Waals surface area contributed by atoms with E-state index < -0.39 is 10.8 Å². The van der Waals surface area contributed by atoms with Crippen molar-refractivity contribution < 1.29 is 8.95 Å². The molecular formula is C11H17NO2S. The Morgan fingerprint density at radius 2 is 2.00 bits per heavy atom. The van der Waals surface area contributed by atoms with E-state index in [2.05, 4.69) is 12.2 Å². The van der Waals surface area contributed by atoms with Gasteiger partial charge in [0.15, 0.2) is 0 Å². The Hall–Kier alpha value is -0.870. The van der Waals surface area contributed by atoms with E-state index in [0.717, 1.165) is 10.6 Å². The first-order valence-electron chi connectivity index (χ1n) is 4.82. The van der Waals surface area contributed by atoms with Crippen LogP contribution in [0.1, 0.15) is 6.92 Å². The number of anilines is 1. The van der Waals surface area contributed by atoms with Crippen LogP contribution in [0.2, 0.25) is 0 Å². The summed E-state index contributed by atoms with van der Waals surface area (Å²) >= 11 is 0. The number of rotatable bonds is 5. The van der Waals surface area contributed by atoms with Gasteiger partial charge in [-0.3, -0.25) is 4.21 Å². The quantitative estimate of drug-likeness (QED) is 0.834. The molecule has 0 aliphatic heterocycles. The first-order valence-corrected chi connectivity index (χ1v) is 6.38. The Balaban J connectivity index is 2.60. The maximum Gasteiger partial charge on any atom is 0.0661 e. The first kappa shape index (κ1) is 12.2. The molecule has 0 fully saturated rings. The van der Waals surface area contributed by atoms with Crippen LogP contribution in [-0.2, 0) is 15.5 Å². The van der Waals surface area contributed by atoms with Gasteiger partial charge < -0.3 is 10.1 Å². The molecule has 0 aliphatic rings. The summed E-state index contributed by atoms with van der Waals surface area (Å²) in [6, 6.07) is 7.88. The molecule has 1 N–H and O–H groups in total. The highest BCUT2D eigenvalue weighted by Crippen LogP contribution is 2.12. The lowest BCUT2D eigenvalue weighted by Gasteiger charge is -2.14. The molecule has 3 nitrogen and oxygen atoms in total. The fourth-order valence-corrected chi connectivity index (χ4v) is 1.84. The van der Waals surface area contributed by atoms with Crippen LogP contribution in [0.15, 0.2) is 29.2 Å². The zero-order valence-electron chi connectivity index (χ0n) is 9.32. The molecule has 15 heavy (non-hydrogen) atoms. The summed E-state index contributed by atoms with van der Waals surface area (Å²) in [5.74, 6) is 0. The van der Waals surface area contributed by atoms with E-state index in [4.69, 9.17) is 4.74 Å². The maximum absolute atomic E-state index is 11.2. The minimum absolute atomic E-state index is 0.271. The van der Waals surface area contributed by atoms with E-state index in [0.29, 0.717) is 6.61 Å². The Bertz CT molecular complexity index is 324. The molecular weight excluding hydrogens is 210 g/mol. The van der Waals surface area contributed by atoms with Gasteiger partial charge in [0.2, 0.25) is 0 Å². The van der Waals surface area contributed by atoms with Crippen LogP contribution in [0.25, 0.3) is 0 Å². The Labute approximate surface area is 93.3 Å². The Kier molecular flexibility index (Phi) is 4.78. The predicted molar refractivity (Wildman–Crippen MR) is 63.7 cm³/mol. The van der Waals surface area contributed by atoms with Gasteiger partial charge in [0.05, 0.1) is 6.61 Å². The van der Waals surface area contributed by atoms with E-state index in [1.807, 2.05) is 24.3 Å². The van der Waals surface area contributed by atoms with Crippen molar-refractivity contribution in [3.63, 3.8) is 0 Å². The summed E-state index contributed by atoms with van der Waals surface area (Å²) in [6.07, 6.45) is 1.68. The molecule has 0 amide bonds. The molecule has 0 saturated carbocycles. The highest BCUT2D eigenvalue weighted by Gasteiger charge is 2.01. The number of nitrogens with one attached hydrogen (secondary N) is 1. The van der Waals surface area contributed by atoms with Crippen molar-refractivity contribution in [1.29, 1.82) is 0 Å². The summed E-state index contributed by atoms with van der Waals surface area (Å²) in [7, 11) is 0.776. The topological polar surface area (TPSA) is 38.3 Å². The zero-order valence-corrected chi connectivity index (χ0v) is 10.1. The lowest BCUT2D eigenvalue weighted by molar-refractivity contribution is 0.190. The molecule has 84 valence electrons. The standard InChI is InChI=1S/C11H17NO2S/c1-9(8-14-2)12-10-4-6-11(7-5-10)15(3)13/h4-7,9,12H,8H2,1-3H3/t9-,15-/m0/s1. The zero-order chi connectivity index (χ0) is 11.3. The summed E-state index contributed by atoms with van der Waals surface area (Å²) in [6.45, 7) is 2.72. The third-order valence-electron chi connectivity index (χ3n) is 2.02. The minimum atomic E-state index is -0.906. The average molecular weight is 227 g/mol. The monoisotopic (exact) mass is 227 g/mol. The van der Waals surface area contributed by atoms with Crippen molar-refractivity contribution in [2.45, 2.75) is 17.9 Å². The van der Waals surface area contributed by atoms with E-state index in [1.54, 1.807) is 13.4 Å². The van der Waals surface area contributed by atoms with Gasteiger partial charge in [-0.05, 0) is 31.2 Å². The van der Waals surface area contributed by atoms with E-state index in [1.165, 1.54) is 0 Å². The fourth-order valence-electron chi connectivity index (χ4n) is 1.32. The highest BCUT2D eigenvalue weighted by atomic mass is 32.2.